The Balaban J connectivity index is 2.19. The molecule has 1 unspecified atom stereocenters. The van der Waals surface area contributed by atoms with Crippen LogP contribution >= 0.6 is 0 Å². The minimum Gasteiger partial charge on any atom is -0.497 e. The monoisotopic (exact) mass is 355 g/mol. The minimum absolute atomic E-state index is 0.00190. The van der Waals surface area contributed by atoms with Gasteiger partial charge in [0.1, 0.15) is 11.3 Å². The van der Waals surface area contributed by atoms with Crippen LogP contribution in [0.1, 0.15) is 42.3 Å². The van der Waals surface area contributed by atoms with E-state index < -0.39 is 11.1 Å². The zero-order chi connectivity index (χ0) is 19.1. The number of hydrogen-bond donors (Lipinski definition) is 1. The maximum absolute atomic E-state index is 13.5. The molecule has 0 saturated heterocycles. The van der Waals surface area contributed by atoms with Crippen molar-refractivity contribution in [3.63, 3.8) is 0 Å². The summed E-state index contributed by atoms with van der Waals surface area (Å²) in [5.74, 6) is 1.96. The molecular formula is C21H25NO4. The molecule has 0 spiro atoms. The van der Waals surface area contributed by atoms with Crippen molar-refractivity contribution in [3.8, 4) is 17.2 Å². The van der Waals surface area contributed by atoms with Gasteiger partial charge in [0, 0.05) is 16.7 Å². The number of carbonyl (C=O) groups excluding carboxylic acids is 1. The Kier molecular flexibility index (Phi) is 4.44. The van der Waals surface area contributed by atoms with Crippen LogP contribution in [0.4, 0.5) is 0 Å². The van der Waals surface area contributed by atoms with Crippen molar-refractivity contribution >= 4 is 5.78 Å². The lowest BCUT2D eigenvalue weighted by atomic mass is 9.72. The minimum atomic E-state index is -0.859. The van der Waals surface area contributed by atoms with Crippen LogP contribution in [0.5, 0.6) is 17.2 Å². The van der Waals surface area contributed by atoms with Crippen molar-refractivity contribution in [1.82, 2.24) is 5.32 Å². The van der Waals surface area contributed by atoms with Gasteiger partial charge in [-0.05, 0) is 50.6 Å². The van der Waals surface area contributed by atoms with Crippen molar-refractivity contribution in [2.75, 3.05) is 21.3 Å². The number of ketones is 1. The zero-order valence-electron chi connectivity index (χ0n) is 16.1. The zero-order valence-corrected chi connectivity index (χ0v) is 16.1. The Hall–Kier alpha value is -2.53. The Morgan fingerprint density at radius 2 is 1.50 bits per heavy atom. The fourth-order valence-electron chi connectivity index (χ4n) is 3.88. The molecule has 0 saturated carbocycles. The Morgan fingerprint density at radius 3 is 2.04 bits per heavy atom. The third-order valence-electron chi connectivity index (χ3n) is 5.10. The molecule has 0 fully saturated rings. The van der Waals surface area contributed by atoms with Crippen molar-refractivity contribution in [3.05, 3.63) is 53.1 Å². The van der Waals surface area contributed by atoms with E-state index in [0.717, 1.165) is 16.9 Å². The van der Waals surface area contributed by atoms with E-state index in [1.165, 1.54) is 0 Å². The molecule has 138 valence electrons. The van der Waals surface area contributed by atoms with Crippen LogP contribution in [-0.4, -0.2) is 27.1 Å². The number of hydrogen-bond acceptors (Lipinski definition) is 5. The van der Waals surface area contributed by atoms with Crippen LogP contribution in [0.25, 0.3) is 0 Å². The maximum atomic E-state index is 13.5. The van der Waals surface area contributed by atoms with Crippen molar-refractivity contribution in [1.29, 1.82) is 0 Å². The molecule has 1 heterocycles. The molecule has 26 heavy (non-hydrogen) atoms. The number of rotatable bonds is 4. The highest BCUT2D eigenvalue weighted by atomic mass is 16.5. The first kappa shape index (κ1) is 18.3. The Bertz CT molecular complexity index is 842. The largest absolute Gasteiger partial charge is 0.497 e. The average molecular weight is 355 g/mol. The second-order valence-corrected chi connectivity index (χ2v) is 7.16. The van der Waals surface area contributed by atoms with E-state index in [4.69, 9.17) is 14.2 Å². The second kappa shape index (κ2) is 6.32. The fourth-order valence-corrected chi connectivity index (χ4v) is 3.88. The third kappa shape index (κ3) is 2.63. The quantitative estimate of drug-likeness (QED) is 0.907. The molecule has 5 nitrogen and oxygen atoms in total. The molecule has 1 N–H and O–H groups in total. The van der Waals surface area contributed by atoms with Crippen LogP contribution in [0.15, 0.2) is 36.4 Å². The molecule has 1 aliphatic heterocycles. The number of ether oxygens (including phenoxy) is 3. The average Bonchev–Trinajstić information content (AvgIpc) is 2.64. The first-order chi connectivity index (χ1) is 12.3. The lowest BCUT2D eigenvalue weighted by Gasteiger charge is -2.45. The predicted molar refractivity (Wildman–Crippen MR) is 100 cm³/mol. The van der Waals surface area contributed by atoms with Gasteiger partial charge in [-0.3, -0.25) is 10.1 Å². The van der Waals surface area contributed by atoms with Gasteiger partial charge in [-0.1, -0.05) is 12.1 Å². The van der Waals surface area contributed by atoms with Crippen molar-refractivity contribution < 1.29 is 19.0 Å². The summed E-state index contributed by atoms with van der Waals surface area (Å²) in [7, 11) is 4.81. The van der Waals surface area contributed by atoms with Gasteiger partial charge >= 0.3 is 0 Å². The molecule has 1 atom stereocenters. The number of methoxy groups -OCH3 is 3. The fraction of sp³-hybridized carbons (Fsp3) is 0.381. The summed E-state index contributed by atoms with van der Waals surface area (Å²) in [5, 5.41) is 3.53. The van der Waals surface area contributed by atoms with Gasteiger partial charge in [0.05, 0.1) is 21.3 Å². The van der Waals surface area contributed by atoms with Gasteiger partial charge < -0.3 is 14.2 Å². The molecular weight excluding hydrogens is 330 g/mol. The maximum Gasteiger partial charge on any atom is 0.187 e. The summed E-state index contributed by atoms with van der Waals surface area (Å²) in [6.45, 7) is 6.00. The number of fused-ring (bicyclic) bond motifs is 1. The summed E-state index contributed by atoms with van der Waals surface area (Å²) < 4.78 is 16.2. The normalized spacial score (nSPS) is 21.1. The second-order valence-electron chi connectivity index (χ2n) is 7.16. The van der Waals surface area contributed by atoms with E-state index in [2.05, 4.69) is 5.32 Å². The number of carbonyl (C=O) groups is 1. The summed E-state index contributed by atoms with van der Waals surface area (Å²) in [6, 6.07) is 11.2. The summed E-state index contributed by atoms with van der Waals surface area (Å²) in [4.78, 5) is 13.5. The molecule has 3 rings (SSSR count). The summed E-state index contributed by atoms with van der Waals surface area (Å²) >= 11 is 0. The SMILES string of the molecule is COc1ccc(C2(C)NC(C)(C)c3c(ccc(OC)c3OC)C2=O)cc1. The highest BCUT2D eigenvalue weighted by Crippen LogP contribution is 2.46. The van der Waals surface area contributed by atoms with Gasteiger partial charge in [0.25, 0.3) is 0 Å². The van der Waals surface area contributed by atoms with Crippen LogP contribution in [0, 0.1) is 0 Å². The number of Topliss-reactive ketones (excluding diaryl/α,β-unsaturated/α-hetero) is 1. The summed E-state index contributed by atoms with van der Waals surface area (Å²) in [5.41, 5.74) is 0.983. The molecule has 0 radical (unpaired) electrons. The summed E-state index contributed by atoms with van der Waals surface area (Å²) in [6.07, 6.45) is 0. The van der Waals surface area contributed by atoms with Crippen LogP contribution in [-0.2, 0) is 11.1 Å². The standard InChI is InChI=1S/C21H25NO4/c1-20(2)17-15(11-12-16(25-5)18(17)26-6)19(23)21(3,22-20)13-7-9-14(24-4)10-8-13/h7-12,22H,1-6H3. The van der Waals surface area contributed by atoms with E-state index in [1.807, 2.05) is 51.1 Å². The molecule has 0 bridgehead atoms. The highest BCUT2D eigenvalue weighted by molar-refractivity contribution is 6.07. The van der Waals surface area contributed by atoms with Gasteiger partial charge in [-0.2, -0.15) is 0 Å². The molecule has 5 heteroatoms. The van der Waals surface area contributed by atoms with E-state index in [-0.39, 0.29) is 5.78 Å². The molecule has 0 amide bonds. The van der Waals surface area contributed by atoms with E-state index in [9.17, 15) is 4.79 Å². The van der Waals surface area contributed by atoms with Crippen LogP contribution < -0.4 is 19.5 Å². The molecule has 0 aliphatic carbocycles. The number of nitrogens with one attached hydrogen (secondary N) is 1. The van der Waals surface area contributed by atoms with E-state index in [0.29, 0.717) is 17.1 Å². The van der Waals surface area contributed by atoms with Gasteiger partial charge in [0.15, 0.2) is 17.3 Å². The molecule has 2 aromatic carbocycles. The topological polar surface area (TPSA) is 56.8 Å². The highest BCUT2D eigenvalue weighted by Gasteiger charge is 2.48. The number of benzene rings is 2. The van der Waals surface area contributed by atoms with Crippen LogP contribution in [0.3, 0.4) is 0 Å². The Morgan fingerprint density at radius 1 is 0.846 bits per heavy atom. The van der Waals surface area contributed by atoms with E-state index >= 15 is 0 Å². The smallest absolute Gasteiger partial charge is 0.187 e. The van der Waals surface area contributed by atoms with Crippen LogP contribution in [0.2, 0.25) is 0 Å². The molecule has 1 aliphatic rings. The van der Waals surface area contributed by atoms with Gasteiger partial charge in [-0.15, -0.1) is 0 Å². The third-order valence-corrected chi connectivity index (χ3v) is 5.10. The van der Waals surface area contributed by atoms with E-state index in [1.54, 1.807) is 27.4 Å². The van der Waals surface area contributed by atoms with Gasteiger partial charge in [0.2, 0.25) is 0 Å². The first-order valence-corrected chi connectivity index (χ1v) is 8.52. The van der Waals surface area contributed by atoms with Gasteiger partial charge in [-0.25, -0.2) is 0 Å². The first-order valence-electron chi connectivity index (χ1n) is 8.52. The lowest BCUT2D eigenvalue weighted by Crippen LogP contribution is -2.58. The van der Waals surface area contributed by atoms with Crippen molar-refractivity contribution in [2.45, 2.75) is 31.8 Å². The van der Waals surface area contributed by atoms with Crippen molar-refractivity contribution in [2.24, 2.45) is 0 Å². The lowest BCUT2D eigenvalue weighted by molar-refractivity contribution is 0.0784. The predicted octanol–water partition coefficient (Wildman–Crippen LogP) is 3.65. The molecule has 0 aromatic heterocycles. The Labute approximate surface area is 154 Å². The molecule has 2 aromatic rings.